The Bertz CT molecular complexity index is 612. The van der Waals surface area contributed by atoms with Crippen molar-refractivity contribution in [3.05, 3.63) is 27.5 Å². The molecule has 1 aromatic carbocycles. The molecule has 20 heavy (non-hydrogen) atoms. The first-order valence-electron chi connectivity index (χ1n) is 6.38. The Morgan fingerprint density at radius 3 is 2.95 bits per heavy atom. The van der Waals surface area contributed by atoms with E-state index >= 15 is 0 Å². The van der Waals surface area contributed by atoms with Gasteiger partial charge in [0.25, 0.3) is 5.91 Å². The van der Waals surface area contributed by atoms with E-state index in [9.17, 15) is 4.79 Å². The molecule has 2 rings (SSSR count). The molecule has 1 heterocycles. The van der Waals surface area contributed by atoms with Crippen LogP contribution in [-0.2, 0) is 0 Å². The quantitative estimate of drug-likeness (QED) is 0.749. The lowest BCUT2D eigenvalue weighted by molar-refractivity contribution is 0.0958. The number of thiophene rings is 1. The summed E-state index contributed by atoms with van der Waals surface area (Å²) >= 11 is 6.76. The second-order valence-corrected chi connectivity index (χ2v) is 7.31. The monoisotopic (exact) mass is 372 g/mol. The van der Waals surface area contributed by atoms with Gasteiger partial charge in [-0.2, -0.15) is 11.8 Å². The number of nitrogen functional groups attached to an aromatic ring is 1. The number of nitrogens with two attached hydrogens (primary N) is 1. The number of amides is 1. The van der Waals surface area contributed by atoms with Gasteiger partial charge in [0, 0.05) is 21.1 Å². The Balaban J connectivity index is 2.07. The predicted molar refractivity (Wildman–Crippen MR) is 93.9 cm³/mol. The normalized spacial score (nSPS) is 10.9. The molecular formula is C14H17BrN2OS2. The third kappa shape index (κ3) is 3.48. The summed E-state index contributed by atoms with van der Waals surface area (Å²) in [7, 11) is 0. The zero-order valence-electron chi connectivity index (χ0n) is 11.2. The fourth-order valence-electron chi connectivity index (χ4n) is 1.95. The molecule has 1 amide bonds. The summed E-state index contributed by atoms with van der Waals surface area (Å²) in [6.45, 7) is 0.703. The van der Waals surface area contributed by atoms with E-state index in [0.29, 0.717) is 17.1 Å². The van der Waals surface area contributed by atoms with Gasteiger partial charge < -0.3 is 11.1 Å². The van der Waals surface area contributed by atoms with Crippen LogP contribution in [0.25, 0.3) is 10.1 Å². The molecule has 6 heteroatoms. The summed E-state index contributed by atoms with van der Waals surface area (Å²) < 4.78 is 1.96. The van der Waals surface area contributed by atoms with Crippen LogP contribution in [0.5, 0.6) is 0 Å². The molecule has 0 atom stereocenters. The maximum absolute atomic E-state index is 12.2. The number of unbranched alkanes of at least 4 members (excludes halogenated alkanes) is 1. The van der Waals surface area contributed by atoms with E-state index in [1.165, 1.54) is 11.3 Å². The molecule has 0 aliphatic carbocycles. The lowest BCUT2D eigenvalue weighted by Crippen LogP contribution is -2.24. The van der Waals surface area contributed by atoms with Gasteiger partial charge >= 0.3 is 0 Å². The van der Waals surface area contributed by atoms with Crippen LogP contribution < -0.4 is 11.1 Å². The van der Waals surface area contributed by atoms with Gasteiger partial charge in [0.1, 0.15) is 4.88 Å². The molecule has 3 nitrogen and oxygen atoms in total. The molecule has 0 spiro atoms. The molecule has 108 valence electrons. The predicted octanol–water partition coefficient (Wildman–Crippen LogP) is 4.12. The van der Waals surface area contributed by atoms with Crippen molar-refractivity contribution in [3.8, 4) is 0 Å². The Hall–Kier alpha value is -0.720. The minimum absolute atomic E-state index is 0.0697. The first-order valence-corrected chi connectivity index (χ1v) is 9.39. The lowest BCUT2D eigenvalue weighted by Gasteiger charge is -2.04. The SMILES string of the molecule is CSCCCCNC(=O)c1sc2cccc(Br)c2c1N. The Morgan fingerprint density at radius 1 is 1.45 bits per heavy atom. The topological polar surface area (TPSA) is 55.1 Å². The number of nitrogens with one attached hydrogen (secondary N) is 1. The van der Waals surface area contributed by atoms with Crippen LogP contribution in [-0.4, -0.2) is 24.5 Å². The summed E-state index contributed by atoms with van der Waals surface area (Å²) in [4.78, 5) is 12.8. The average Bonchev–Trinajstić information content (AvgIpc) is 2.77. The van der Waals surface area contributed by atoms with E-state index < -0.39 is 0 Å². The van der Waals surface area contributed by atoms with Crippen molar-refractivity contribution in [2.45, 2.75) is 12.8 Å². The van der Waals surface area contributed by atoms with Gasteiger partial charge in [-0.15, -0.1) is 11.3 Å². The van der Waals surface area contributed by atoms with Crippen LogP contribution in [0.15, 0.2) is 22.7 Å². The van der Waals surface area contributed by atoms with Crippen molar-refractivity contribution < 1.29 is 4.79 Å². The van der Waals surface area contributed by atoms with Crippen LogP contribution >= 0.6 is 39.0 Å². The highest BCUT2D eigenvalue weighted by Gasteiger charge is 2.17. The standard InChI is InChI=1S/C14H17BrN2OS2/c1-19-8-3-2-7-17-14(18)13-12(16)11-9(15)5-4-6-10(11)20-13/h4-6H,2-3,7-8,16H2,1H3,(H,17,18). The molecule has 0 radical (unpaired) electrons. The third-order valence-corrected chi connectivity index (χ3v) is 5.50. The summed E-state index contributed by atoms with van der Waals surface area (Å²) in [5, 5.41) is 3.88. The number of halogens is 1. The molecule has 0 unspecified atom stereocenters. The maximum atomic E-state index is 12.2. The molecule has 0 aliphatic heterocycles. The first kappa shape index (κ1) is 15.7. The van der Waals surface area contributed by atoms with Gasteiger partial charge in [-0.05, 0) is 37.0 Å². The number of hydrogen-bond donors (Lipinski definition) is 2. The van der Waals surface area contributed by atoms with Crippen LogP contribution in [0.4, 0.5) is 5.69 Å². The molecule has 3 N–H and O–H groups in total. The summed E-state index contributed by atoms with van der Waals surface area (Å²) in [6.07, 6.45) is 4.21. The number of fused-ring (bicyclic) bond motifs is 1. The summed E-state index contributed by atoms with van der Waals surface area (Å²) in [5.74, 6) is 1.06. The van der Waals surface area contributed by atoms with Crippen LogP contribution in [0.2, 0.25) is 0 Å². The van der Waals surface area contributed by atoms with E-state index in [4.69, 9.17) is 5.73 Å². The third-order valence-electron chi connectivity index (χ3n) is 2.97. The van der Waals surface area contributed by atoms with Gasteiger partial charge in [-0.3, -0.25) is 4.79 Å². The Morgan fingerprint density at radius 2 is 2.25 bits per heavy atom. The zero-order valence-corrected chi connectivity index (χ0v) is 14.5. The second kappa shape index (κ2) is 7.33. The van der Waals surface area contributed by atoms with Crippen molar-refractivity contribution in [1.29, 1.82) is 0 Å². The van der Waals surface area contributed by atoms with Crippen LogP contribution in [0.1, 0.15) is 22.5 Å². The van der Waals surface area contributed by atoms with Crippen molar-refractivity contribution in [2.24, 2.45) is 0 Å². The smallest absolute Gasteiger partial charge is 0.263 e. The number of rotatable bonds is 6. The highest BCUT2D eigenvalue weighted by Crippen LogP contribution is 2.37. The summed E-state index contributed by atoms with van der Waals surface area (Å²) in [6, 6.07) is 5.87. The molecule has 0 saturated carbocycles. The van der Waals surface area contributed by atoms with Crippen molar-refractivity contribution in [3.63, 3.8) is 0 Å². The Labute approximate surface area is 135 Å². The fourth-order valence-corrected chi connectivity index (χ4v) is 4.22. The molecule has 1 aromatic heterocycles. The van der Waals surface area contributed by atoms with Gasteiger partial charge in [-0.1, -0.05) is 22.0 Å². The van der Waals surface area contributed by atoms with Crippen molar-refractivity contribution in [1.82, 2.24) is 5.32 Å². The molecule has 0 saturated heterocycles. The van der Waals surface area contributed by atoms with Crippen molar-refractivity contribution >= 4 is 60.7 Å². The van der Waals surface area contributed by atoms with Crippen LogP contribution in [0, 0.1) is 0 Å². The number of anilines is 1. The Kier molecular flexibility index (Phi) is 5.74. The van der Waals surface area contributed by atoms with Gasteiger partial charge in [0.15, 0.2) is 0 Å². The van der Waals surface area contributed by atoms with Gasteiger partial charge in [0.05, 0.1) is 5.69 Å². The maximum Gasteiger partial charge on any atom is 0.263 e. The average molecular weight is 373 g/mol. The van der Waals surface area contributed by atoms with E-state index in [1.807, 2.05) is 30.0 Å². The molecule has 0 aliphatic rings. The number of thioether (sulfide) groups is 1. The van der Waals surface area contributed by atoms with E-state index in [-0.39, 0.29) is 5.91 Å². The first-order chi connectivity index (χ1) is 9.65. The molecule has 0 bridgehead atoms. The minimum Gasteiger partial charge on any atom is -0.397 e. The molecular weight excluding hydrogens is 356 g/mol. The van der Waals surface area contributed by atoms with Crippen molar-refractivity contribution in [2.75, 3.05) is 24.3 Å². The molecule has 0 fully saturated rings. The highest BCUT2D eigenvalue weighted by atomic mass is 79.9. The second-order valence-electron chi connectivity index (χ2n) is 4.41. The summed E-state index contributed by atoms with van der Waals surface area (Å²) in [5.41, 5.74) is 6.68. The van der Waals surface area contributed by atoms with E-state index in [0.717, 1.165) is 33.2 Å². The minimum atomic E-state index is -0.0697. The van der Waals surface area contributed by atoms with Gasteiger partial charge in [-0.25, -0.2) is 0 Å². The lowest BCUT2D eigenvalue weighted by atomic mass is 10.2. The largest absolute Gasteiger partial charge is 0.397 e. The molecule has 2 aromatic rings. The number of carbonyl (C=O) groups is 1. The van der Waals surface area contributed by atoms with E-state index in [2.05, 4.69) is 27.5 Å². The van der Waals surface area contributed by atoms with Gasteiger partial charge in [0.2, 0.25) is 0 Å². The van der Waals surface area contributed by atoms with E-state index in [1.54, 1.807) is 0 Å². The zero-order chi connectivity index (χ0) is 14.5. The fraction of sp³-hybridized carbons (Fsp3) is 0.357. The number of benzene rings is 1. The highest BCUT2D eigenvalue weighted by molar-refractivity contribution is 9.10. The number of hydrogen-bond acceptors (Lipinski definition) is 4. The van der Waals surface area contributed by atoms with Crippen LogP contribution in [0.3, 0.4) is 0 Å². The number of carbonyl (C=O) groups excluding carboxylic acids is 1.